The van der Waals surface area contributed by atoms with E-state index in [1.807, 2.05) is 6.92 Å². The van der Waals surface area contributed by atoms with Crippen LogP contribution in [0.25, 0.3) is 0 Å². The summed E-state index contributed by atoms with van der Waals surface area (Å²) in [5.74, 6) is -0.582. The van der Waals surface area contributed by atoms with Crippen molar-refractivity contribution >= 4 is 11.6 Å². The second-order valence-corrected chi connectivity index (χ2v) is 3.27. The number of hydrogen-bond donors (Lipinski definition) is 2. The van der Waals surface area contributed by atoms with E-state index in [0.717, 1.165) is 6.20 Å². The van der Waals surface area contributed by atoms with Gasteiger partial charge in [-0.25, -0.2) is 9.37 Å². The molecular weight excluding hydrogens is 225 g/mol. The van der Waals surface area contributed by atoms with Crippen LogP contribution in [-0.2, 0) is 6.42 Å². The number of aromatic amines is 1. The molecule has 0 unspecified atom stereocenters. The second kappa shape index (κ2) is 4.69. The molecule has 0 radical (unpaired) electrons. The van der Waals surface area contributed by atoms with Crippen molar-refractivity contribution in [1.29, 1.82) is 0 Å². The number of amides is 1. The van der Waals surface area contributed by atoms with Crippen LogP contribution in [0.1, 0.15) is 23.4 Å². The first kappa shape index (κ1) is 11.2. The zero-order valence-electron chi connectivity index (χ0n) is 9.07. The average molecular weight is 235 g/mol. The van der Waals surface area contributed by atoms with Crippen LogP contribution in [-0.4, -0.2) is 26.1 Å². The van der Waals surface area contributed by atoms with Gasteiger partial charge in [0.2, 0.25) is 5.82 Å². The maximum atomic E-state index is 13.2. The van der Waals surface area contributed by atoms with Crippen LogP contribution >= 0.6 is 0 Å². The molecule has 2 aromatic heterocycles. The first-order chi connectivity index (χ1) is 8.20. The number of rotatable bonds is 3. The number of nitrogens with zero attached hydrogens (tertiary/aromatic N) is 3. The number of aryl methyl sites for hydroxylation is 1. The van der Waals surface area contributed by atoms with Gasteiger partial charge in [0.25, 0.3) is 5.91 Å². The van der Waals surface area contributed by atoms with E-state index >= 15 is 0 Å². The van der Waals surface area contributed by atoms with Crippen LogP contribution in [0.3, 0.4) is 0 Å². The fraction of sp³-hybridized carbons (Fsp3) is 0.200. The Bertz CT molecular complexity index is 539. The largest absolute Gasteiger partial charge is 0.317 e. The van der Waals surface area contributed by atoms with Gasteiger partial charge in [0.1, 0.15) is 5.82 Å². The Kier molecular flexibility index (Phi) is 3.08. The fourth-order valence-corrected chi connectivity index (χ4v) is 1.21. The van der Waals surface area contributed by atoms with Crippen molar-refractivity contribution in [3.05, 3.63) is 35.9 Å². The van der Waals surface area contributed by atoms with E-state index in [9.17, 15) is 9.18 Å². The number of pyridine rings is 1. The molecule has 0 spiro atoms. The molecule has 0 aliphatic rings. The lowest BCUT2D eigenvalue weighted by Gasteiger charge is -2.02. The summed E-state index contributed by atoms with van der Waals surface area (Å²) in [7, 11) is 0. The number of aromatic nitrogens is 4. The van der Waals surface area contributed by atoms with Crippen molar-refractivity contribution in [2.45, 2.75) is 13.3 Å². The molecule has 6 nitrogen and oxygen atoms in total. The normalized spacial score (nSPS) is 10.2. The first-order valence-electron chi connectivity index (χ1n) is 5.03. The van der Waals surface area contributed by atoms with E-state index < -0.39 is 11.7 Å². The summed E-state index contributed by atoms with van der Waals surface area (Å²) in [4.78, 5) is 19.2. The average Bonchev–Trinajstić information content (AvgIpc) is 2.81. The molecule has 7 heteroatoms. The molecule has 1 amide bonds. The Morgan fingerprint density at radius 2 is 2.41 bits per heavy atom. The number of hydrogen-bond acceptors (Lipinski definition) is 4. The van der Waals surface area contributed by atoms with Crippen molar-refractivity contribution in [3.8, 4) is 0 Å². The molecule has 0 atom stereocenters. The van der Waals surface area contributed by atoms with Crippen LogP contribution in [0.5, 0.6) is 0 Å². The zero-order chi connectivity index (χ0) is 12.3. The molecule has 88 valence electrons. The Labute approximate surface area is 96.3 Å². The van der Waals surface area contributed by atoms with Gasteiger partial charge < -0.3 is 5.32 Å². The van der Waals surface area contributed by atoms with Crippen LogP contribution < -0.4 is 5.32 Å². The highest BCUT2D eigenvalue weighted by Gasteiger charge is 2.13. The molecule has 0 aromatic carbocycles. The van der Waals surface area contributed by atoms with E-state index in [1.54, 1.807) is 0 Å². The molecule has 0 saturated heterocycles. The number of carbonyl (C=O) groups excluding carboxylic acids is 1. The quantitative estimate of drug-likeness (QED) is 0.835. The predicted molar refractivity (Wildman–Crippen MR) is 57.9 cm³/mol. The highest BCUT2D eigenvalue weighted by molar-refractivity contribution is 6.01. The topological polar surface area (TPSA) is 83.6 Å². The standard InChI is InChI=1S/C10H10FN5O/c1-2-8-14-9(16-15-8)10(17)13-7-3-4-12-5-6(7)11/h3-5H,2H2,1H3,(H,12,13,17)(H,14,15,16). The minimum Gasteiger partial charge on any atom is -0.317 e. The number of carbonyl (C=O) groups is 1. The first-order valence-corrected chi connectivity index (χ1v) is 5.03. The van der Waals surface area contributed by atoms with Gasteiger partial charge in [-0.05, 0) is 6.07 Å². The minimum atomic E-state index is -0.605. The van der Waals surface area contributed by atoms with Gasteiger partial charge in [-0.3, -0.25) is 14.9 Å². The van der Waals surface area contributed by atoms with Crippen molar-refractivity contribution in [2.24, 2.45) is 0 Å². The van der Waals surface area contributed by atoms with Crippen LogP contribution in [0, 0.1) is 5.82 Å². The smallest absolute Gasteiger partial charge is 0.295 e. The van der Waals surface area contributed by atoms with Gasteiger partial charge >= 0.3 is 0 Å². The molecule has 17 heavy (non-hydrogen) atoms. The molecule has 0 fully saturated rings. The van der Waals surface area contributed by atoms with E-state index in [-0.39, 0.29) is 11.5 Å². The lowest BCUT2D eigenvalue weighted by atomic mass is 10.4. The third-order valence-corrected chi connectivity index (χ3v) is 2.09. The molecule has 0 saturated carbocycles. The maximum Gasteiger partial charge on any atom is 0.295 e. The van der Waals surface area contributed by atoms with Gasteiger partial charge in [0.05, 0.1) is 11.9 Å². The monoisotopic (exact) mass is 235 g/mol. The molecular formula is C10H10FN5O. The van der Waals surface area contributed by atoms with Crippen molar-refractivity contribution in [2.75, 3.05) is 5.32 Å². The number of anilines is 1. The Hall–Kier alpha value is -2.31. The van der Waals surface area contributed by atoms with Crippen molar-refractivity contribution in [1.82, 2.24) is 20.2 Å². The summed E-state index contributed by atoms with van der Waals surface area (Å²) >= 11 is 0. The summed E-state index contributed by atoms with van der Waals surface area (Å²) < 4.78 is 13.2. The Morgan fingerprint density at radius 1 is 1.59 bits per heavy atom. The lowest BCUT2D eigenvalue weighted by molar-refractivity contribution is 0.101. The second-order valence-electron chi connectivity index (χ2n) is 3.27. The molecule has 0 aliphatic heterocycles. The summed E-state index contributed by atoms with van der Waals surface area (Å²) in [5, 5.41) is 8.70. The number of halogens is 1. The van der Waals surface area contributed by atoms with Crippen molar-refractivity contribution in [3.63, 3.8) is 0 Å². The summed E-state index contributed by atoms with van der Waals surface area (Å²) in [6.45, 7) is 1.88. The van der Waals surface area contributed by atoms with E-state index in [0.29, 0.717) is 12.2 Å². The molecule has 0 aliphatic carbocycles. The minimum absolute atomic E-state index is 0.0157. The molecule has 2 heterocycles. The van der Waals surface area contributed by atoms with Crippen LogP contribution in [0.15, 0.2) is 18.5 Å². The number of nitrogens with one attached hydrogen (secondary N) is 2. The van der Waals surface area contributed by atoms with Gasteiger partial charge in [0.15, 0.2) is 5.82 Å². The number of H-pyrrole nitrogens is 1. The zero-order valence-corrected chi connectivity index (χ0v) is 9.07. The Balaban J connectivity index is 2.14. The molecule has 2 N–H and O–H groups in total. The van der Waals surface area contributed by atoms with Gasteiger partial charge in [-0.15, -0.1) is 5.10 Å². The van der Waals surface area contributed by atoms with E-state index in [4.69, 9.17) is 0 Å². The SMILES string of the molecule is CCc1nc(C(=O)Nc2ccncc2F)n[nH]1. The maximum absolute atomic E-state index is 13.2. The third-order valence-electron chi connectivity index (χ3n) is 2.09. The van der Waals surface area contributed by atoms with Crippen LogP contribution in [0.4, 0.5) is 10.1 Å². The predicted octanol–water partition coefficient (Wildman–Crippen LogP) is 1.15. The molecule has 2 aromatic rings. The van der Waals surface area contributed by atoms with Gasteiger partial charge in [-0.1, -0.05) is 6.92 Å². The fourth-order valence-electron chi connectivity index (χ4n) is 1.21. The Morgan fingerprint density at radius 3 is 3.06 bits per heavy atom. The summed E-state index contributed by atoms with van der Waals surface area (Å²) in [6, 6.07) is 1.36. The van der Waals surface area contributed by atoms with Gasteiger partial charge in [0, 0.05) is 12.6 Å². The lowest BCUT2D eigenvalue weighted by Crippen LogP contribution is -2.14. The van der Waals surface area contributed by atoms with Crippen molar-refractivity contribution < 1.29 is 9.18 Å². The molecule has 0 bridgehead atoms. The highest BCUT2D eigenvalue weighted by Crippen LogP contribution is 2.11. The van der Waals surface area contributed by atoms with Crippen LogP contribution in [0.2, 0.25) is 0 Å². The third kappa shape index (κ3) is 2.44. The van der Waals surface area contributed by atoms with E-state index in [2.05, 4.69) is 25.5 Å². The van der Waals surface area contributed by atoms with Gasteiger partial charge in [-0.2, -0.15) is 0 Å². The highest BCUT2D eigenvalue weighted by atomic mass is 19.1. The van der Waals surface area contributed by atoms with E-state index in [1.165, 1.54) is 12.3 Å². The summed E-state index contributed by atoms with van der Waals surface area (Å²) in [5.41, 5.74) is 0.0489. The molecule has 2 rings (SSSR count). The summed E-state index contributed by atoms with van der Waals surface area (Å²) in [6.07, 6.45) is 3.04.